The van der Waals surface area contributed by atoms with Gasteiger partial charge in [0.25, 0.3) is 0 Å². The van der Waals surface area contributed by atoms with E-state index < -0.39 is 29.1 Å². The van der Waals surface area contributed by atoms with Crippen molar-refractivity contribution >= 4 is 5.91 Å². The van der Waals surface area contributed by atoms with Crippen LogP contribution in [0.3, 0.4) is 0 Å². The van der Waals surface area contributed by atoms with Crippen LogP contribution in [0.25, 0.3) is 10.4 Å². The summed E-state index contributed by atoms with van der Waals surface area (Å²) in [6.45, 7) is 0. The highest BCUT2D eigenvalue weighted by atomic mass is 16.5. The molecule has 9 heteroatoms. The molecule has 3 aromatic carbocycles. The van der Waals surface area contributed by atoms with E-state index in [1.165, 1.54) is 4.90 Å². The summed E-state index contributed by atoms with van der Waals surface area (Å²) < 4.78 is 17.7. The molecule has 5 rings (SSSR count). The summed E-state index contributed by atoms with van der Waals surface area (Å²) in [5.74, 6) is -0.391. The standard InChI is InChI=1S/C28H28N4O5/c1-32(2)26(34)23-24(17-8-6-5-7-9-17)28(18-10-12-19(35-3)13-11-18)27(25(23)33,30-31-29)21-15-14-20(36-4)16-22(21)37-28/h5-16,23-25,33H,1-4H3/t23-,24-,25-,27+,28+/m1/s1. The number of ether oxygens (including phenoxy) is 3. The third-order valence-corrected chi connectivity index (χ3v) is 7.61. The van der Waals surface area contributed by atoms with Crippen LogP contribution in [-0.4, -0.2) is 50.3 Å². The van der Waals surface area contributed by atoms with Crippen LogP contribution in [0.15, 0.2) is 77.9 Å². The lowest BCUT2D eigenvalue weighted by atomic mass is 9.69. The molecule has 0 spiro atoms. The Morgan fingerprint density at radius 3 is 2.27 bits per heavy atom. The molecule has 0 bridgehead atoms. The molecule has 9 nitrogen and oxygen atoms in total. The number of rotatable bonds is 6. The molecular weight excluding hydrogens is 472 g/mol. The predicted octanol–water partition coefficient (Wildman–Crippen LogP) is 4.36. The maximum Gasteiger partial charge on any atom is 0.228 e. The van der Waals surface area contributed by atoms with Crippen LogP contribution < -0.4 is 14.2 Å². The molecule has 3 aromatic rings. The van der Waals surface area contributed by atoms with Crippen molar-refractivity contribution in [3.63, 3.8) is 0 Å². The number of aliphatic hydroxyl groups excluding tert-OH is 1. The zero-order valence-corrected chi connectivity index (χ0v) is 21.0. The largest absolute Gasteiger partial charge is 0.497 e. The summed E-state index contributed by atoms with van der Waals surface area (Å²) in [6, 6.07) is 21.8. The predicted molar refractivity (Wildman–Crippen MR) is 136 cm³/mol. The first kappa shape index (κ1) is 24.5. The van der Waals surface area contributed by atoms with E-state index in [0.717, 1.165) is 5.56 Å². The Labute approximate surface area is 214 Å². The van der Waals surface area contributed by atoms with E-state index in [2.05, 4.69) is 10.0 Å². The van der Waals surface area contributed by atoms with Crippen LogP contribution in [0.4, 0.5) is 0 Å². The summed E-state index contributed by atoms with van der Waals surface area (Å²) >= 11 is 0. The van der Waals surface area contributed by atoms with Crippen molar-refractivity contribution in [1.29, 1.82) is 0 Å². The van der Waals surface area contributed by atoms with E-state index in [9.17, 15) is 15.4 Å². The maximum absolute atomic E-state index is 13.7. The summed E-state index contributed by atoms with van der Waals surface area (Å²) in [6.07, 6.45) is -1.40. The number of hydrogen-bond donors (Lipinski definition) is 1. The Hall–Kier alpha value is -4.20. The number of hydrogen-bond acceptors (Lipinski definition) is 6. The van der Waals surface area contributed by atoms with Crippen molar-refractivity contribution in [3.8, 4) is 17.2 Å². The fourth-order valence-electron chi connectivity index (χ4n) is 6.09. The van der Waals surface area contributed by atoms with E-state index in [-0.39, 0.29) is 5.91 Å². The van der Waals surface area contributed by atoms with Gasteiger partial charge in [-0.05, 0) is 34.9 Å². The van der Waals surface area contributed by atoms with Crippen LogP contribution in [0.1, 0.15) is 22.6 Å². The van der Waals surface area contributed by atoms with Gasteiger partial charge in [0.1, 0.15) is 22.8 Å². The van der Waals surface area contributed by atoms with E-state index in [0.29, 0.717) is 28.4 Å². The van der Waals surface area contributed by atoms with Crippen molar-refractivity contribution in [2.75, 3.05) is 28.3 Å². The van der Waals surface area contributed by atoms with Crippen molar-refractivity contribution in [1.82, 2.24) is 4.90 Å². The summed E-state index contributed by atoms with van der Waals surface area (Å²) in [5, 5.41) is 16.5. The third kappa shape index (κ3) is 3.28. The van der Waals surface area contributed by atoms with E-state index >= 15 is 0 Å². The minimum atomic E-state index is -1.66. The molecule has 1 aliphatic heterocycles. The van der Waals surface area contributed by atoms with Crippen LogP contribution >= 0.6 is 0 Å². The van der Waals surface area contributed by atoms with Crippen LogP contribution in [-0.2, 0) is 15.9 Å². The molecule has 1 heterocycles. The second-order valence-corrected chi connectivity index (χ2v) is 9.48. The topological polar surface area (TPSA) is 117 Å². The van der Waals surface area contributed by atoms with Gasteiger partial charge in [0.15, 0.2) is 5.60 Å². The highest BCUT2D eigenvalue weighted by Crippen LogP contribution is 2.70. The molecule has 5 atom stereocenters. The number of benzene rings is 3. The highest BCUT2D eigenvalue weighted by molar-refractivity contribution is 5.83. The van der Waals surface area contributed by atoms with E-state index in [4.69, 9.17) is 14.2 Å². The fourth-order valence-corrected chi connectivity index (χ4v) is 6.09. The van der Waals surface area contributed by atoms with Crippen LogP contribution in [0.5, 0.6) is 17.2 Å². The smallest absolute Gasteiger partial charge is 0.228 e. The van der Waals surface area contributed by atoms with E-state index in [1.807, 2.05) is 42.5 Å². The summed E-state index contributed by atoms with van der Waals surface area (Å²) in [4.78, 5) is 18.4. The molecule has 0 aromatic heterocycles. The molecule has 37 heavy (non-hydrogen) atoms. The van der Waals surface area contributed by atoms with Crippen molar-refractivity contribution < 1.29 is 24.1 Å². The second kappa shape index (κ2) is 9.03. The summed E-state index contributed by atoms with van der Waals surface area (Å²) in [5.41, 5.74) is 8.68. The lowest BCUT2D eigenvalue weighted by molar-refractivity contribution is -0.137. The van der Waals surface area contributed by atoms with Crippen molar-refractivity contribution in [2.24, 2.45) is 11.0 Å². The lowest BCUT2D eigenvalue weighted by Gasteiger charge is -2.41. The Bertz CT molecular complexity index is 1370. The number of nitrogens with zero attached hydrogens (tertiary/aromatic N) is 4. The van der Waals surface area contributed by atoms with Gasteiger partial charge in [-0.3, -0.25) is 4.79 Å². The first-order valence-corrected chi connectivity index (χ1v) is 11.9. The van der Waals surface area contributed by atoms with Crippen molar-refractivity contribution in [2.45, 2.75) is 23.2 Å². The van der Waals surface area contributed by atoms with Gasteiger partial charge in [-0.15, -0.1) is 0 Å². The molecule has 0 saturated heterocycles. The average Bonchev–Trinajstić information content (AvgIpc) is 3.33. The third-order valence-electron chi connectivity index (χ3n) is 7.61. The summed E-state index contributed by atoms with van der Waals surface area (Å²) in [7, 11) is 6.41. The maximum atomic E-state index is 13.7. The first-order valence-electron chi connectivity index (χ1n) is 11.9. The highest BCUT2D eigenvalue weighted by Gasteiger charge is 2.77. The zero-order chi connectivity index (χ0) is 26.4. The molecule has 190 valence electrons. The Balaban J connectivity index is 1.91. The Kier molecular flexibility index (Phi) is 5.98. The number of carbonyl (C=O) groups excluding carboxylic acids is 1. The monoisotopic (exact) mass is 500 g/mol. The Morgan fingerprint density at radius 2 is 1.68 bits per heavy atom. The van der Waals surface area contributed by atoms with Crippen LogP contribution in [0.2, 0.25) is 0 Å². The van der Waals surface area contributed by atoms with Gasteiger partial charge in [0.2, 0.25) is 5.91 Å². The number of fused-ring (bicyclic) bond motifs is 3. The van der Waals surface area contributed by atoms with Gasteiger partial charge >= 0.3 is 0 Å². The molecule has 1 fully saturated rings. The first-order chi connectivity index (χ1) is 17.8. The normalized spacial score (nSPS) is 27.3. The molecular formula is C28H28N4O5. The number of amides is 1. The van der Waals surface area contributed by atoms with Crippen LogP contribution in [0, 0.1) is 5.92 Å². The molecule has 0 unspecified atom stereocenters. The number of carbonyl (C=O) groups is 1. The quantitative estimate of drug-likeness (QED) is 0.307. The van der Waals surface area contributed by atoms with Gasteiger partial charge in [0, 0.05) is 36.6 Å². The lowest BCUT2D eigenvalue weighted by Crippen LogP contribution is -2.50. The van der Waals surface area contributed by atoms with Gasteiger partial charge in [-0.2, -0.15) is 0 Å². The number of methoxy groups -OCH3 is 2. The molecule has 1 amide bonds. The number of azide groups is 1. The minimum absolute atomic E-state index is 0.296. The average molecular weight is 501 g/mol. The zero-order valence-electron chi connectivity index (χ0n) is 21.0. The molecule has 1 saturated carbocycles. The van der Waals surface area contributed by atoms with Gasteiger partial charge in [-0.1, -0.05) is 53.6 Å². The molecule has 0 radical (unpaired) electrons. The molecule has 2 aliphatic rings. The molecule has 1 N–H and O–H groups in total. The Morgan fingerprint density at radius 1 is 1.03 bits per heavy atom. The number of aliphatic hydroxyl groups is 1. The van der Waals surface area contributed by atoms with E-state index in [1.54, 1.807) is 58.6 Å². The van der Waals surface area contributed by atoms with Gasteiger partial charge in [-0.25, -0.2) is 0 Å². The fraction of sp³-hybridized carbons (Fsp3) is 0.321. The SMILES string of the molecule is COc1ccc([C@@]23Oc4cc(OC)ccc4[C@]2(N=[N+]=[N-])[C@H](O)[C@H](C(=O)N(C)C)[C@H]3c2ccccc2)cc1. The molecule has 1 aliphatic carbocycles. The van der Waals surface area contributed by atoms with Crippen molar-refractivity contribution in [3.05, 3.63) is 99.9 Å². The second-order valence-electron chi connectivity index (χ2n) is 9.48. The van der Waals surface area contributed by atoms with Gasteiger partial charge < -0.3 is 24.2 Å². The minimum Gasteiger partial charge on any atom is -0.497 e. The van der Waals surface area contributed by atoms with Gasteiger partial charge in [0.05, 0.1) is 26.2 Å².